The molecule has 1 unspecified atom stereocenters. The molecule has 1 atom stereocenters. The molecule has 0 spiro atoms. The van der Waals surface area contributed by atoms with Crippen LogP contribution in [0.15, 0.2) is 75.7 Å². The highest BCUT2D eigenvalue weighted by atomic mass is 32.1. The number of carbonyl (C=O) groups is 2. The molecule has 6 nitrogen and oxygen atoms in total. The maximum atomic E-state index is 13.7. The average molecular weight is 460 g/mol. The van der Waals surface area contributed by atoms with Crippen LogP contribution in [0.25, 0.3) is 11.0 Å². The van der Waals surface area contributed by atoms with Gasteiger partial charge in [0.2, 0.25) is 5.78 Å². The van der Waals surface area contributed by atoms with Gasteiger partial charge in [-0.05, 0) is 55.1 Å². The van der Waals surface area contributed by atoms with E-state index < -0.39 is 23.5 Å². The number of furan rings is 1. The van der Waals surface area contributed by atoms with Crippen LogP contribution in [0, 0.1) is 13.8 Å². The van der Waals surface area contributed by atoms with E-state index in [0.29, 0.717) is 22.4 Å². The van der Waals surface area contributed by atoms with Crippen molar-refractivity contribution >= 4 is 39.7 Å². The molecule has 0 saturated heterocycles. The zero-order valence-electron chi connectivity index (χ0n) is 18.3. The lowest BCUT2D eigenvalue weighted by molar-refractivity contribution is -0.117. The quantitative estimate of drug-likeness (QED) is 0.376. The van der Waals surface area contributed by atoms with Crippen molar-refractivity contribution in [1.82, 2.24) is 0 Å². The topological polar surface area (TPSA) is 80.0 Å². The Bertz CT molecular complexity index is 1430. The molecule has 2 aromatic heterocycles. The fourth-order valence-corrected chi connectivity index (χ4v) is 5.19. The van der Waals surface area contributed by atoms with Crippen LogP contribution in [0.3, 0.4) is 0 Å². The Morgan fingerprint density at radius 2 is 1.88 bits per heavy atom. The number of hydrogen-bond acceptors (Lipinski definition) is 6. The average Bonchev–Trinajstić information content (AvgIpc) is 3.50. The predicted molar refractivity (Wildman–Crippen MR) is 127 cm³/mol. The molecule has 5 rings (SSSR count). The minimum Gasteiger partial charge on any atom is -0.503 e. The number of Topliss-reactive ketones (excluding diaryl/α,β-unsaturated/α-hetero) is 1. The Balaban J connectivity index is 1.66. The molecule has 7 heteroatoms. The number of aryl methyl sites for hydroxylation is 2. The molecular formula is C26H21NO5S. The molecule has 33 heavy (non-hydrogen) atoms. The lowest BCUT2D eigenvalue weighted by Crippen LogP contribution is -2.30. The Hall–Kier alpha value is -3.84. The molecular weight excluding hydrogens is 438 g/mol. The molecule has 3 heterocycles. The second-order valence-electron chi connectivity index (χ2n) is 7.96. The molecule has 0 radical (unpaired) electrons. The molecule has 0 bridgehead atoms. The summed E-state index contributed by atoms with van der Waals surface area (Å²) < 4.78 is 11.2. The van der Waals surface area contributed by atoms with Crippen LogP contribution >= 0.6 is 11.3 Å². The fraction of sp³-hybridized carbons (Fsp3) is 0.154. The SMILES string of the molecule is COc1cccc2cc(C(=O)C3=C(O)C(=O)N(c4ccc(C)cc4)C3c3sccc3C)oc12. The molecule has 0 fully saturated rings. The zero-order chi connectivity index (χ0) is 23.3. The highest BCUT2D eigenvalue weighted by Crippen LogP contribution is 2.45. The molecule has 1 aliphatic heterocycles. The summed E-state index contributed by atoms with van der Waals surface area (Å²) in [6, 6.07) is 15.6. The summed E-state index contributed by atoms with van der Waals surface area (Å²) >= 11 is 1.44. The van der Waals surface area contributed by atoms with Gasteiger partial charge in [0.05, 0.1) is 12.7 Å². The number of nitrogens with zero attached hydrogens (tertiary/aromatic N) is 1. The Morgan fingerprint density at radius 1 is 1.12 bits per heavy atom. The van der Waals surface area contributed by atoms with E-state index in [2.05, 4.69) is 0 Å². The minimum atomic E-state index is -0.761. The van der Waals surface area contributed by atoms with Crippen LogP contribution in [0.1, 0.15) is 32.6 Å². The number of benzene rings is 2. The van der Waals surface area contributed by atoms with Gasteiger partial charge in [0.15, 0.2) is 22.9 Å². The normalized spacial score (nSPS) is 16.2. The van der Waals surface area contributed by atoms with E-state index >= 15 is 0 Å². The van der Waals surface area contributed by atoms with Gasteiger partial charge in [-0.1, -0.05) is 29.8 Å². The number of carbonyl (C=O) groups excluding carboxylic acids is 2. The molecule has 1 aliphatic rings. The standard InChI is InChI=1S/C26H21NO5S/c1-14-7-9-17(10-8-14)27-21(25-15(2)11-12-33-25)20(23(29)26(27)30)22(28)19-13-16-5-4-6-18(31-3)24(16)32-19/h4-13,21,29H,1-3H3. The Labute approximate surface area is 194 Å². The first-order chi connectivity index (χ1) is 15.9. The summed E-state index contributed by atoms with van der Waals surface area (Å²) in [7, 11) is 1.53. The lowest BCUT2D eigenvalue weighted by atomic mass is 9.98. The summed E-state index contributed by atoms with van der Waals surface area (Å²) in [5.41, 5.74) is 3.01. The van der Waals surface area contributed by atoms with Crippen LogP contribution in [-0.4, -0.2) is 23.9 Å². The Kier molecular flexibility index (Phi) is 5.06. The van der Waals surface area contributed by atoms with Crippen molar-refractivity contribution in [3.63, 3.8) is 0 Å². The summed E-state index contributed by atoms with van der Waals surface area (Å²) in [4.78, 5) is 29.2. The number of fused-ring (bicyclic) bond motifs is 1. The van der Waals surface area contributed by atoms with Crippen LogP contribution in [-0.2, 0) is 4.79 Å². The van der Waals surface area contributed by atoms with E-state index in [-0.39, 0.29) is 11.3 Å². The zero-order valence-corrected chi connectivity index (χ0v) is 19.1. The van der Waals surface area contributed by atoms with Crippen LogP contribution in [0.5, 0.6) is 5.75 Å². The summed E-state index contributed by atoms with van der Waals surface area (Å²) in [5, 5.41) is 13.5. The molecule has 0 aliphatic carbocycles. The fourth-order valence-electron chi connectivity index (χ4n) is 4.16. The number of ketones is 1. The third-order valence-electron chi connectivity index (χ3n) is 5.87. The predicted octanol–water partition coefficient (Wildman–Crippen LogP) is 5.90. The largest absolute Gasteiger partial charge is 0.503 e. The molecule has 166 valence electrons. The monoisotopic (exact) mass is 459 g/mol. The number of amides is 1. The van der Waals surface area contributed by atoms with Crippen LogP contribution < -0.4 is 9.64 Å². The second-order valence-corrected chi connectivity index (χ2v) is 8.91. The number of aliphatic hydroxyl groups is 1. The number of para-hydroxylation sites is 1. The van der Waals surface area contributed by atoms with Crippen molar-refractivity contribution in [2.24, 2.45) is 0 Å². The van der Waals surface area contributed by atoms with E-state index in [1.807, 2.05) is 55.6 Å². The van der Waals surface area contributed by atoms with Crippen molar-refractivity contribution < 1.29 is 23.8 Å². The third kappa shape index (κ3) is 3.32. The van der Waals surface area contributed by atoms with Crippen molar-refractivity contribution in [2.75, 3.05) is 12.0 Å². The van der Waals surface area contributed by atoms with Gasteiger partial charge < -0.3 is 14.3 Å². The smallest absolute Gasteiger partial charge is 0.294 e. The number of methoxy groups -OCH3 is 1. The summed E-state index contributed by atoms with van der Waals surface area (Å²) in [5.74, 6) is -1.18. The first-order valence-electron chi connectivity index (χ1n) is 10.4. The Morgan fingerprint density at radius 3 is 2.55 bits per heavy atom. The van der Waals surface area contributed by atoms with E-state index in [1.54, 1.807) is 18.2 Å². The number of ether oxygens (including phenoxy) is 1. The first kappa shape index (κ1) is 21.0. The van der Waals surface area contributed by atoms with Gasteiger partial charge in [-0.25, -0.2) is 0 Å². The van der Waals surface area contributed by atoms with E-state index in [1.165, 1.54) is 23.3 Å². The number of anilines is 1. The van der Waals surface area contributed by atoms with E-state index in [9.17, 15) is 14.7 Å². The molecule has 0 saturated carbocycles. The van der Waals surface area contributed by atoms with Crippen molar-refractivity contribution in [3.05, 3.63) is 93.1 Å². The first-order valence-corrected chi connectivity index (χ1v) is 11.3. The van der Waals surface area contributed by atoms with Gasteiger partial charge in [-0.3, -0.25) is 14.5 Å². The van der Waals surface area contributed by atoms with E-state index in [4.69, 9.17) is 9.15 Å². The number of hydrogen-bond donors (Lipinski definition) is 1. The van der Waals surface area contributed by atoms with E-state index in [0.717, 1.165) is 16.0 Å². The number of aliphatic hydroxyl groups excluding tert-OH is 1. The maximum Gasteiger partial charge on any atom is 0.294 e. The van der Waals surface area contributed by atoms with Crippen molar-refractivity contribution in [2.45, 2.75) is 19.9 Å². The summed E-state index contributed by atoms with van der Waals surface area (Å²) in [6.45, 7) is 3.88. The second kappa shape index (κ2) is 7.94. The van der Waals surface area contributed by atoms with Gasteiger partial charge in [0.1, 0.15) is 6.04 Å². The van der Waals surface area contributed by atoms with Crippen LogP contribution in [0.2, 0.25) is 0 Å². The number of thiophene rings is 1. The van der Waals surface area contributed by atoms with Gasteiger partial charge in [-0.15, -0.1) is 11.3 Å². The van der Waals surface area contributed by atoms with Crippen molar-refractivity contribution in [1.29, 1.82) is 0 Å². The highest BCUT2D eigenvalue weighted by Gasteiger charge is 2.46. The van der Waals surface area contributed by atoms with Crippen LogP contribution in [0.4, 0.5) is 5.69 Å². The molecule has 4 aromatic rings. The van der Waals surface area contributed by atoms with Gasteiger partial charge in [0.25, 0.3) is 5.91 Å². The molecule has 1 N–H and O–H groups in total. The van der Waals surface area contributed by atoms with Gasteiger partial charge in [-0.2, -0.15) is 0 Å². The van der Waals surface area contributed by atoms with Gasteiger partial charge >= 0.3 is 0 Å². The summed E-state index contributed by atoms with van der Waals surface area (Å²) in [6.07, 6.45) is 0. The lowest BCUT2D eigenvalue weighted by Gasteiger charge is -2.26. The maximum absolute atomic E-state index is 13.7. The third-order valence-corrected chi connectivity index (χ3v) is 6.94. The highest BCUT2D eigenvalue weighted by molar-refractivity contribution is 7.10. The molecule has 2 aromatic carbocycles. The van der Waals surface area contributed by atoms with Gasteiger partial charge in [0, 0.05) is 16.0 Å². The number of rotatable bonds is 5. The molecule has 1 amide bonds. The minimum absolute atomic E-state index is 0.00384. The van der Waals surface area contributed by atoms with Crippen molar-refractivity contribution in [3.8, 4) is 5.75 Å².